The average molecular weight is 338 g/mol. The van der Waals surface area contributed by atoms with Crippen LogP contribution in [0.4, 0.5) is 0 Å². The highest BCUT2D eigenvalue weighted by Crippen LogP contribution is 2.26. The third kappa shape index (κ3) is 6.01. The van der Waals surface area contributed by atoms with Crippen LogP contribution in [0.5, 0.6) is 0 Å². The predicted octanol–water partition coefficient (Wildman–Crippen LogP) is 6.32. The van der Waals surface area contributed by atoms with Crippen molar-refractivity contribution in [1.29, 1.82) is 0 Å². The van der Waals surface area contributed by atoms with Gasteiger partial charge < -0.3 is 4.90 Å². The van der Waals surface area contributed by atoms with Crippen molar-refractivity contribution >= 4 is 0 Å². The van der Waals surface area contributed by atoms with E-state index in [9.17, 15) is 0 Å². The Kier molecular flexibility index (Phi) is 7.25. The van der Waals surface area contributed by atoms with Gasteiger partial charge in [0.05, 0.1) is 0 Å². The molecular weight excluding hydrogens is 302 g/mol. The molecule has 0 aliphatic rings. The molecule has 136 valence electrons. The number of hydrogen-bond donors (Lipinski definition) is 0. The quantitative estimate of drug-likeness (QED) is 0.545. The van der Waals surface area contributed by atoms with Gasteiger partial charge in [0.2, 0.25) is 0 Å². The second-order valence-electron chi connectivity index (χ2n) is 8.06. The molecule has 0 aliphatic heterocycles. The highest BCUT2D eigenvalue weighted by molar-refractivity contribution is 5.64. The smallest absolute Gasteiger partial charge is 0.00217 e. The molecule has 0 fully saturated rings. The van der Waals surface area contributed by atoms with E-state index in [1.807, 2.05) is 0 Å². The zero-order chi connectivity index (χ0) is 18.3. The third-order valence-electron chi connectivity index (χ3n) is 5.03. The minimum Gasteiger partial charge on any atom is -0.303 e. The van der Waals surface area contributed by atoms with E-state index in [0.717, 1.165) is 19.5 Å². The molecule has 0 aromatic heterocycles. The standard InChI is InChI=1S/C24H35N/c1-6-8-18-25(7-2)19-17-20-9-11-21(12-10-20)22-13-15-23(16-14-22)24(3,4)5/h9-16H,6-8,17-19H2,1-5H3. The fourth-order valence-corrected chi connectivity index (χ4v) is 3.12. The monoisotopic (exact) mass is 337 g/mol. The minimum atomic E-state index is 0.214. The Balaban J connectivity index is 1.97. The zero-order valence-corrected chi connectivity index (χ0v) is 16.8. The van der Waals surface area contributed by atoms with Gasteiger partial charge in [0.1, 0.15) is 0 Å². The maximum absolute atomic E-state index is 2.56. The fourth-order valence-electron chi connectivity index (χ4n) is 3.12. The van der Waals surface area contributed by atoms with Gasteiger partial charge in [0.25, 0.3) is 0 Å². The van der Waals surface area contributed by atoms with Crippen LogP contribution in [0.2, 0.25) is 0 Å². The molecule has 0 atom stereocenters. The molecule has 0 N–H and O–H groups in total. The molecule has 0 radical (unpaired) electrons. The lowest BCUT2D eigenvalue weighted by Gasteiger charge is -2.20. The van der Waals surface area contributed by atoms with Crippen LogP contribution >= 0.6 is 0 Å². The van der Waals surface area contributed by atoms with Gasteiger partial charge >= 0.3 is 0 Å². The van der Waals surface area contributed by atoms with Gasteiger partial charge in [0, 0.05) is 6.54 Å². The number of hydrogen-bond acceptors (Lipinski definition) is 1. The summed E-state index contributed by atoms with van der Waals surface area (Å²) in [5.41, 5.74) is 5.65. The average Bonchev–Trinajstić information content (AvgIpc) is 2.62. The van der Waals surface area contributed by atoms with Crippen molar-refractivity contribution in [1.82, 2.24) is 4.90 Å². The van der Waals surface area contributed by atoms with Gasteiger partial charge in [-0.25, -0.2) is 0 Å². The van der Waals surface area contributed by atoms with E-state index in [2.05, 4.69) is 88.0 Å². The van der Waals surface area contributed by atoms with Crippen molar-refractivity contribution in [2.24, 2.45) is 0 Å². The van der Waals surface area contributed by atoms with E-state index >= 15 is 0 Å². The van der Waals surface area contributed by atoms with Crippen molar-refractivity contribution in [3.63, 3.8) is 0 Å². The Hall–Kier alpha value is -1.60. The SMILES string of the molecule is CCCCN(CC)CCc1ccc(-c2ccc(C(C)(C)C)cc2)cc1. The molecule has 1 heteroatoms. The number of nitrogens with zero attached hydrogens (tertiary/aromatic N) is 1. The summed E-state index contributed by atoms with van der Waals surface area (Å²) in [5.74, 6) is 0. The van der Waals surface area contributed by atoms with Crippen LogP contribution < -0.4 is 0 Å². The van der Waals surface area contributed by atoms with Crippen LogP contribution in [0.15, 0.2) is 48.5 Å². The Bertz CT molecular complexity index is 617. The number of benzene rings is 2. The Morgan fingerprint density at radius 2 is 1.32 bits per heavy atom. The van der Waals surface area contributed by atoms with Crippen molar-refractivity contribution in [2.75, 3.05) is 19.6 Å². The Labute approximate surface area is 155 Å². The molecule has 1 nitrogen and oxygen atoms in total. The highest BCUT2D eigenvalue weighted by Gasteiger charge is 2.13. The van der Waals surface area contributed by atoms with Crippen LogP contribution in [0, 0.1) is 0 Å². The van der Waals surface area contributed by atoms with Gasteiger partial charge in [-0.1, -0.05) is 89.6 Å². The lowest BCUT2D eigenvalue weighted by Crippen LogP contribution is -2.26. The van der Waals surface area contributed by atoms with Gasteiger partial charge in [-0.2, -0.15) is 0 Å². The number of likely N-dealkylation sites (N-methyl/N-ethyl adjacent to an activating group) is 1. The maximum Gasteiger partial charge on any atom is 0.00217 e. The van der Waals surface area contributed by atoms with E-state index in [-0.39, 0.29) is 5.41 Å². The van der Waals surface area contributed by atoms with Crippen molar-refractivity contribution in [3.8, 4) is 11.1 Å². The molecule has 2 aromatic rings. The van der Waals surface area contributed by atoms with Gasteiger partial charge in [-0.3, -0.25) is 0 Å². The lowest BCUT2D eigenvalue weighted by molar-refractivity contribution is 0.287. The summed E-state index contributed by atoms with van der Waals surface area (Å²) in [5, 5.41) is 0. The second kappa shape index (κ2) is 9.20. The Morgan fingerprint density at radius 3 is 1.80 bits per heavy atom. The molecule has 2 rings (SSSR count). The van der Waals surface area contributed by atoms with E-state index in [1.54, 1.807) is 0 Å². The molecule has 0 saturated carbocycles. The largest absolute Gasteiger partial charge is 0.303 e. The summed E-state index contributed by atoms with van der Waals surface area (Å²) in [6.07, 6.45) is 3.72. The van der Waals surface area contributed by atoms with Crippen LogP contribution in [0.3, 0.4) is 0 Å². The molecule has 0 amide bonds. The van der Waals surface area contributed by atoms with Crippen molar-refractivity contribution in [3.05, 3.63) is 59.7 Å². The first-order valence-corrected chi connectivity index (χ1v) is 9.86. The first-order chi connectivity index (χ1) is 11.9. The van der Waals surface area contributed by atoms with Crippen LogP contribution in [-0.4, -0.2) is 24.5 Å². The first-order valence-electron chi connectivity index (χ1n) is 9.86. The second-order valence-corrected chi connectivity index (χ2v) is 8.06. The highest BCUT2D eigenvalue weighted by atomic mass is 15.1. The summed E-state index contributed by atoms with van der Waals surface area (Å²) >= 11 is 0. The fraction of sp³-hybridized carbons (Fsp3) is 0.500. The van der Waals surface area contributed by atoms with E-state index in [4.69, 9.17) is 0 Å². The first kappa shape index (κ1) is 19.7. The molecule has 2 aromatic carbocycles. The number of rotatable bonds is 8. The topological polar surface area (TPSA) is 3.24 Å². The van der Waals surface area contributed by atoms with Gasteiger partial charge in [-0.15, -0.1) is 0 Å². The molecule has 0 saturated heterocycles. The van der Waals surface area contributed by atoms with Crippen molar-refractivity contribution < 1.29 is 0 Å². The number of unbranched alkanes of at least 4 members (excludes halogenated alkanes) is 1. The minimum absolute atomic E-state index is 0.214. The van der Waals surface area contributed by atoms with E-state index < -0.39 is 0 Å². The molecular formula is C24H35N. The summed E-state index contributed by atoms with van der Waals surface area (Å²) in [6.45, 7) is 14.9. The van der Waals surface area contributed by atoms with Crippen LogP contribution in [0.1, 0.15) is 58.6 Å². The molecule has 25 heavy (non-hydrogen) atoms. The summed E-state index contributed by atoms with van der Waals surface area (Å²) < 4.78 is 0. The van der Waals surface area contributed by atoms with E-state index in [1.165, 1.54) is 41.6 Å². The molecule has 0 aliphatic carbocycles. The van der Waals surface area contributed by atoms with Gasteiger partial charge in [-0.05, 0) is 53.6 Å². The summed E-state index contributed by atoms with van der Waals surface area (Å²) in [7, 11) is 0. The normalized spacial score (nSPS) is 11.9. The molecule has 0 unspecified atom stereocenters. The van der Waals surface area contributed by atoms with Crippen molar-refractivity contribution in [2.45, 2.75) is 59.3 Å². The van der Waals surface area contributed by atoms with Crippen LogP contribution in [0.25, 0.3) is 11.1 Å². The third-order valence-corrected chi connectivity index (χ3v) is 5.03. The summed E-state index contributed by atoms with van der Waals surface area (Å²) in [6, 6.07) is 18.1. The van der Waals surface area contributed by atoms with E-state index in [0.29, 0.717) is 0 Å². The molecule has 0 bridgehead atoms. The van der Waals surface area contributed by atoms with Gasteiger partial charge in [0.15, 0.2) is 0 Å². The molecule has 0 heterocycles. The predicted molar refractivity (Wildman–Crippen MR) is 111 cm³/mol. The molecule has 0 spiro atoms. The lowest BCUT2D eigenvalue weighted by atomic mass is 9.86. The summed E-state index contributed by atoms with van der Waals surface area (Å²) in [4.78, 5) is 2.56. The Morgan fingerprint density at radius 1 is 0.760 bits per heavy atom. The zero-order valence-electron chi connectivity index (χ0n) is 16.8. The maximum atomic E-state index is 2.56. The van der Waals surface area contributed by atoms with Crippen LogP contribution in [-0.2, 0) is 11.8 Å².